The fourth-order valence-electron chi connectivity index (χ4n) is 3.73. The molecule has 0 aromatic carbocycles. The molecule has 0 saturated heterocycles. The predicted molar refractivity (Wildman–Crippen MR) is 96.7 cm³/mol. The Morgan fingerprint density at radius 3 is 2.36 bits per heavy atom. The maximum atomic E-state index is 13.2. The van der Waals surface area contributed by atoms with Gasteiger partial charge in [-0.05, 0) is 38.8 Å². The largest absolute Gasteiger partial charge is 0.331 e. The van der Waals surface area contributed by atoms with Crippen LogP contribution >= 0.6 is 0 Å². The van der Waals surface area contributed by atoms with Crippen molar-refractivity contribution < 1.29 is 4.79 Å². The van der Waals surface area contributed by atoms with Crippen molar-refractivity contribution in [1.29, 1.82) is 0 Å². The highest BCUT2D eigenvalue weighted by Crippen LogP contribution is 2.26. The number of amides is 1. The van der Waals surface area contributed by atoms with Crippen LogP contribution in [0.25, 0.3) is 0 Å². The normalized spacial score (nSPS) is 15.5. The maximum Gasteiger partial charge on any atom is 0.226 e. The molecule has 25 heavy (non-hydrogen) atoms. The Morgan fingerprint density at radius 2 is 1.80 bits per heavy atom. The highest BCUT2D eigenvalue weighted by Gasteiger charge is 2.27. The van der Waals surface area contributed by atoms with Crippen molar-refractivity contribution in [3.05, 3.63) is 34.9 Å². The molecular formula is C19H29N5O. The predicted octanol–water partition coefficient (Wildman–Crippen LogP) is 2.88. The third-order valence-electron chi connectivity index (χ3n) is 5.24. The number of hydrogen-bond donors (Lipinski definition) is 0. The summed E-state index contributed by atoms with van der Waals surface area (Å²) in [5.74, 6) is 0.426. The first-order valence-electron chi connectivity index (χ1n) is 9.22. The zero-order valence-electron chi connectivity index (χ0n) is 15.8. The third-order valence-corrected chi connectivity index (χ3v) is 5.24. The second-order valence-electron chi connectivity index (χ2n) is 7.33. The van der Waals surface area contributed by atoms with E-state index in [2.05, 4.69) is 22.3 Å². The minimum atomic E-state index is 0.160. The summed E-state index contributed by atoms with van der Waals surface area (Å²) in [4.78, 5) is 15.1. The molecule has 0 bridgehead atoms. The molecule has 1 saturated carbocycles. The van der Waals surface area contributed by atoms with Crippen LogP contribution in [0.2, 0.25) is 0 Å². The summed E-state index contributed by atoms with van der Waals surface area (Å²) in [6.45, 7) is 5.16. The Bertz CT molecular complexity index is 720. The zero-order valence-corrected chi connectivity index (χ0v) is 15.8. The number of carbonyl (C=O) groups is 1. The summed E-state index contributed by atoms with van der Waals surface area (Å²) in [6.07, 6.45) is 5.61. The van der Waals surface area contributed by atoms with E-state index in [0.717, 1.165) is 48.5 Å². The van der Waals surface area contributed by atoms with Crippen LogP contribution < -0.4 is 0 Å². The molecule has 2 heterocycles. The fourth-order valence-corrected chi connectivity index (χ4v) is 3.73. The van der Waals surface area contributed by atoms with Crippen LogP contribution in [0.5, 0.6) is 0 Å². The monoisotopic (exact) mass is 343 g/mol. The zero-order chi connectivity index (χ0) is 18.0. The van der Waals surface area contributed by atoms with E-state index in [-0.39, 0.29) is 11.8 Å². The van der Waals surface area contributed by atoms with Gasteiger partial charge in [0.1, 0.15) is 0 Å². The molecule has 3 rings (SSSR count). The molecule has 0 aliphatic heterocycles. The summed E-state index contributed by atoms with van der Waals surface area (Å²) in [6, 6.07) is 4.13. The average molecular weight is 343 g/mol. The van der Waals surface area contributed by atoms with Gasteiger partial charge < -0.3 is 4.90 Å². The van der Waals surface area contributed by atoms with Crippen molar-refractivity contribution >= 4 is 5.91 Å². The van der Waals surface area contributed by atoms with Gasteiger partial charge in [0.25, 0.3) is 0 Å². The Kier molecular flexibility index (Phi) is 5.25. The van der Waals surface area contributed by atoms with Gasteiger partial charge in [-0.25, -0.2) is 0 Å². The molecule has 1 fully saturated rings. The Hall–Kier alpha value is -2.11. The van der Waals surface area contributed by atoms with Crippen LogP contribution in [0.1, 0.15) is 54.9 Å². The van der Waals surface area contributed by atoms with Crippen LogP contribution in [-0.2, 0) is 32.0 Å². The third kappa shape index (κ3) is 4.11. The van der Waals surface area contributed by atoms with Gasteiger partial charge in [-0.1, -0.05) is 19.3 Å². The standard InChI is InChI=1S/C19H29N5O/c1-14-10-18(23(4)20-14)13-24(12-17-11-15(2)22(3)21-17)19(25)16-8-6-5-7-9-16/h10-11,16H,5-9,12-13H2,1-4H3. The fraction of sp³-hybridized carbons (Fsp3) is 0.632. The molecule has 1 aliphatic carbocycles. The average Bonchev–Trinajstić information content (AvgIpc) is 3.07. The maximum absolute atomic E-state index is 13.2. The highest BCUT2D eigenvalue weighted by molar-refractivity contribution is 5.78. The van der Waals surface area contributed by atoms with Crippen molar-refractivity contribution in [3.63, 3.8) is 0 Å². The van der Waals surface area contributed by atoms with Crippen molar-refractivity contribution in [3.8, 4) is 0 Å². The quantitative estimate of drug-likeness (QED) is 0.839. The molecule has 6 nitrogen and oxygen atoms in total. The first kappa shape index (κ1) is 17.7. The topological polar surface area (TPSA) is 56.0 Å². The van der Waals surface area contributed by atoms with E-state index in [1.807, 2.05) is 42.2 Å². The first-order chi connectivity index (χ1) is 11.9. The van der Waals surface area contributed by atoms with Gasteiger partial charge in [-0.15, -0.1) is 0 Å². The summed E-state index contributed by atoms with van der Waals surface area (Å²) in [7, 11) is 3.88. The van der Waals surface area contributed by atoms with E-state index in [9.17, 15) is 4.79 Å². The number of nitrogens with zero attached hydrogens (tertiary/aromatic N) is 5. The molecule has 2 aromatic rings. The number of aryl methyl sites for hydroxylation is 4. The molecule has 0 unspecified atom stereocenters. The Labute approximate surface area is 149 Å². The number of hydrogen-bond acceptors (Lipinski definition) is 3. The van der Waals surface area contributed by atoms with Gasteiger partial charge in [0.2, 0.25) is 5.91 Å². The lowest BCUT2D eigenvalue weighted by molar-refractivity contribution is -0.138. The van der Waals surface area contributed by atoms with E-state index in [4.69, 9.17) is 0 Å². The lowest BCUT2D eigenvalue weighted by Gasteiger charge is -2.29. The van der Waals surface area contributed by atoms with Gasteiger partial charge in [0.05, 0.1) is 30.2 Å². The molecule has 0 N–H and O–H groups in total. The van der Waals surface area contributed by atoms with Gasteiger partial charge in [-0.3, -0.25) is 14.2 Å². The lowest BCUT2D eigenvalue weighted by Crippen LogP contribution is -2.36. The van der Waals surface area contributed by atoms with E-state index in [1.165, 1.54) is 6.42 Å². The molecule has 1 amide bonds. The van der Waals surface area contributed by atoms with Crippen molar-refractivity contribution in [1.82, 2.24) is 24.5 Å². The second-order valence-corrected chi connectivity index (χ2v) is 7.33. The number of carbonyl (C=O) groups excluding carboxylic acids is 1. The van der Waals surface area contributed by atoms with Crippen LogP contribution in [0, 0.1) is 19.8 Å². The molecule has 2 aromatic heterocycles. The summed E-state index contributed by atoms with van der Waals surface area (Å²) >= 11 is 0. The van der Waals surface area contributed by atoms with Crippen LogP contribution in [0.4, 0.5) is 0 Å². The van der Waals surface area contributed by atoms with Crippen molar-refractivity contribution in [2.24, 2.45) is 20.0 Å². The van der Waals surface area contributed by atoms with E-state index >= 15 is 0 Å². The van der Waals surface area contributed by atoms with Crippen molar-refractivity contribution in [2.75, 3.05) is 0 Å². The second kappa shape index (κ2) is 7.42. The SMILES string of the molecule is Cc1cc(CN(Cc2cc(C)n(C)n2)C(=O)C2CCCCC2)n(C)n1. The molecule has 6 heteroatoms. The van der Waals surface area contributed by atoms with E-state index in [1.54, 1.807) is 0 Å². The Morgan fingerprint density at radius 1 is 1.08 bits per heavy atom. The van der Waals surface area contributed by atoms with Gasteiger partial charge in [-0.2, -0.15) is 10.2 Å². The van der Waals surface area contributed by atoms with Crippen LogP contribution in [0.15, 0.2) is 12.1 Å². The molecule has 0 spiro atoms. The highest BCUT2D eigenvalue weighted by atomic mass is 16.2. The Balaban J connectivity index is 1.81. The molecule has 0 atom stereocenters. The number of aromatic nitrogens is 4. The van der Waals surface area contributed by atoms with Gasteiger partial charge in [0, 0.05) is 25.7 Å². The minimum absolute atomic E-state index is 0.160. The minimum Gasteiger partial charge on any atom is -0.331 e. The smallest absolute Gasteiger partial charge is 0.226 e. The van der Waals surface area contributed by atoms with E-state index < -0.39 is 0 Å². The van der Waals surface area contributed by atoms with Gasteiger partial charge >= 0.3 is 0 Å². The summed E-state index contributed by atoms with van der Waals surface area (Å²) in [5, 5.41) is 8.97. The van der Waals surface area contributed by atoms with Crippen LogP contribution in [-0.4, -0.2) is 30.4 Å². The molecular weight excluding hydrogens is 314 g/mol. The van der Waals surface area contributed by atoms with Crippen molar-refractivity contribution in [2.45, 2.75) is 59.0 Å². The lowest BCUT2D eigenvalue weighted by atomic mass is 9.88. The molecule has 1 aliphatic rings. The van der Waals surface area contributed by atoms with Crippen LogP contribution in [0.3, 0.4) is 0 Å². The first-order valence-corrected chi connectivity index (χ1v) is 9.22. The number of rotatable bonds is 5. The molecule has 136 valence electrons. The summed E-state index contributed by atoms with van der Waals surface area (Å²) in [5.41, 5.74) is 4.10. The summed E-state index contributed by atoms with van der Waals surface area (Å²) < 4.78 is 3.74. The molecule has 0 radical (unpaired) electrons. The van der Waals surface area contributed by atoms with E-state index in [0.29, 0.717) is 13.1 Å². The van der Waals surface area contributed by atoms with Gasteiger partial charge in [0.15, 0.2) is 0 Å².